The van der Waals surface area contributed by atoms with Crippen molar-refractivity contribution < 1.29 is 13.2 Å². The molecule has 19 heavy (non-hydrogen) atoms. The molecule has 0 bridgehead atoms. The molecule has 7 heteroatoms. The van der Waals surface area contributed by atoms with Crippen molar-refractivity contribution in [2.45, 2.75) is 12.7 Å². The maximum atomic E-state index is 11.1. The van der Waals surface area contributed by atoms with E-state index in [1.807, 2.05) is 24.3 Å². The number of methoxy groups -OCH3 is 1. The molecule has 1 heterocycles. The average molecular weight is 301 g/mol. The van der Waals surface area contributed by atoms with E-state index in [9.17, 15) is 8.42 Å². The maximum absolute atomic E-state index is 11.1. The second kappa shape index (κ2) is 5.22. The van der Waals surface area contributed by atoms with Crippen LogP contribution in [0, 0.1) is 6.92 Å². The molecule has 2 aromatic rings. The Morgan fingerprint density at radius 3 is 2.79 bits per heavy atom. The fourth-order valence-electron chi connectivity index (χ4n) is 1.71. The lowest BCUT2D eigenvalue weighted by Gasteiger charge is -2.03. The molecular formula is C12H13ClN2O3S. The van der Waals surface area contributed by atoms with Gasteiger partial charge >= 0.3 is 0 Å². The lowest BCUT2D eigenvalue weighted by atomic mass is 10.3. The molecule has 0 amide bonds. The van der Waals surface area contributed by atoms with Gasteiger partial charge in [0.1, 0.15) is 5.75 Å². The van der Waals surface area contributed by atoms with Crippen LogP contribution in [-0.4, -0.2) is 25.3 Å². The van der Waals surface area contributed by atoms with Crippen LogP contribution in [0.2, 0.25) is 0 Å². The number of hydrogen-bond acceptors (Lipinski definition) is 4. The van der Waals surface area contributed by atoms with Crippen molar-refractivity contribution in [3.63, 3.8) is 0 Å². The highest BCUT2D eigenvalue weighted by atomic mass is 35.7. The van der Waals surface area contributed by atoms with Crippen molar-refractivity contribution >= 4 is 19.7 Å². The van der Waals surface area contributed by atoms with Gasteiger partial charge in [-0.15, -0.1) is 0 Å². The van der Waals surface area contributed by atoms with Gasteiger partial charge in [-0.25, -0.2) is 13.1 Å². The summed E-state index contributed by atoms with van der Waals surface area (Å²) < 4.78 is 29.0. The minimum absolute atomic E-state index is 0.232. The summed E-state index contributed by atoms with van der Waals surface area (Å²) >= 11 is 0. The van der Waals surface area contributed by atoms with Crippen LogP contribution in [0.5, 0.6) is 5.75 Å². The first kappa shape index (κ1) is 13.9. The third kappa shape index (κ3) is 3.48. The number of hydrogen-bond donors (Lipinski definition) is 0. The molecule has 1 aromatic carbocycles. The zero-order chi connectivity index (χ0) is 14.0. The molecule has 102 valence electrons. The van der Waals surface area contributed by atoms with E-state index in [1.165, 1.54) is 0 Å². The topological polar surface area (TPSA) is 61.2 Å². The van der Waals surface area contributed by atoms with Crippen molar-refractivity contribution in [1.82, 2.24) is 9.78 Å². The van der Waals surface area contributed by atoms with E-state index in [2.05, 4.69) is 5.10 Å². The zero-order valence-electron chi connectivity index (χ0n) is 10.5. The van der Waals surface area contributed by atoms with Crippen molar-refractivity contribution in [2.75, 3.05) is 7.11 Å². The Morgan fingerprint density at radius 1 is 1.42 bits per heavy atom. The summed E-state index contributed by atoms with van der Waals surface area (Å²) in [6.45, 7) is 1.74. The molecule has 0 saturated carbocycles. The van der Waals surface area contributed by atoms with E-state index < -0.39 is 9.05 Å². The molecule has 0 radical (unpaired) electrons. The van der Waals surface area contributed by atoms with Crippen LogP contribution in [0.4, 0.5) is 0 Å². The quantitative estimate of drug-likeness (QED) is 0.813. The molecule has 0 unspecified atom stereocenters. The van der Waals surface area contributed by atoms with Gasteiger partial charge in [0.15, 0.2) is 0 Å². The van der Waals surface area contributed by atoms with Gasteiger partial charge in [0.2, 0.25) is 9.05 Å². The van der Waals surface area contributed by atoms with Gasteiger partial charge in [-0.2, -0.15) is 5.10 Å². The van der Waals surface area contributed by atoms with Crippen LogP contribution < -0.4 is 4.74 Å². The Morgan fingerprint density at radius 2 is 2.16 bits per heavy atom. The van der Waals surface area contributed by atoms with Crippen molar-refractivity contribution in [3.8, 4) is 11.4 Å². The van der Waals surface area contributed by atoms with Crippen LogP contribution in [-0.2, 0) is 14.8 Å². The zero-order valence-corrected chi connectivity index (χ0v) is 12.1. The molecule has 0 aliphatic rings. The molecule has 2 rings (SSSR count). The van der Waals surface area contributed by atoms with Crippen molar-refractivity contribution in [1.29, 1.82) is 0 Å². The first-order valence-electron chi connectivity index (χ1n) is 5.51. The fourth-order valence-corrected chi connectivity index (χ4v) is 2.72. The SMILES string of the molecule is COc1cccc(-n2cc(CS(=O)(=O)Cl)c(C)n2)c1. The second-order valence-corrected chi connectivity index (χ2v) is 6.85. The number of benzene rings is 1. The monoisotopic (exact) mass is 300 g/mol. The Labute approximate surface area is 116 Å². The van der Waals surface area contributed by atoms with E-state index in [-0.39, 0.29) is 5.75 Å². The summed E-state index contributed by atoms with van der Waals surface area (Å²) in [6, 6.07) is 7.33. The smallest absolute Gasteiger partial charge is 0.236 e. The highest BCUT2D eigenvalue weighted by Gasteiger charge is 2.13. The first-order valence-corrected chi connectivity index (χ1v) is 7.99. The van der Waals surface area contributed by atoms with Gasteiger partial charge in [0.05, 0.1) is 24.2 Å². The molecule has 0 atom stereocenters. The van der Waals surface area contributed by atoms with Gasteiger partial charge in [-0.3, -0.25) is 0 Å². The lowest BCUT2D eigenvalue weighted by molar-refractivity contribution is 0.414. The molecule has 0 aliphatic carbocycles. The van der Waals surface area contributed by atoms with Gasteiger partial charge in [-0.05, 0) is 19.1 Å². The molecule has 0 N–H and O–H groups in total. The van der Waals surface area contributed by atoms with Gasteiger partial charge in [0.25, 0.3) is 0 Å². The first-order chi connectivity index (χ1) is 8.89. The van der Waals surface area contributed by atoms with Crippen molar-refractivity contribution in [2.24, 2.45) is 0 Å². The second-order valence-electron chi connectivity index (χ2n) is 4.07. The molecule has 1 aromatic heterocycles. The van der Waals surface area contributed by atoms with E-state index in [0.29, 0.717) is 17.0 Å². The predicted octanol–water partition coefficient (Wildman–Crippen LogP) is 2.26. The van der Waals surface area contributed by atoms with Crippen LogP contribution in [0.25, 0.3) is 5.69 Å². The molecule has 0 fully saturated rings. The Bertz CT molecular complexity index is 695. The number of halogens is 1. The van der Waals surface area contributed by atoms with Gasteiger partial charge in [-0.1, -0.05) is 6.07 Å². The number of rotatable bonds is 4. The summed E-state index contributed by atoms with van der Waals surface area (Å²) in [5, 5.41) is 4.28. The summed E-state index contributed by atoms with van der Waals surface area (Å²) in [6.07, 6.45) is 1.66. The van der Waals surface area contributed by atoms with Crippen molar-refractivity contribution in [3.05, 3.63) is 41.7 Å². The molecular weight excluding hydrogens is 288 g/mol. The molecule has 0 aliphatic heterocycles. The fraction of sp³-hybridized carbons (Fsp3) is 0.250. The Balaban J connectivity index is 2.38. The number of aryl methyl sites for hydroxylation is 1. The Kier molecular flexibility index (Phi) is 3.82. The van der Waals surface area contributed by atoms with E-state index >= 15 is 0 Å². The molecule has 0 saturated heterocycles. The summed E-state index contributed by atoms with van der Waals surface area (Å²) in [5.74, 6) is 0.474. The lowest BCUT2D eigenvalue weighted by Crippen LogP contribution is -1.95. The van der Waals surface area contributed by atoms with Crippen LogP contribution >= 0.6 is 10.7 Å². The summed E-state index contributed by atoms with van der Waals surface area (Å²) in [5.41, 5.74) is 2.01. The molecule has 0 spiro atoms. The van der Waals surface area contributed by atoms with Gasteiger partial charge < -0.3 is 4.74 Å². The normalized spacial score (nSPS) is 11.5. The van der Waals surface area contributed by atoms with Crippen LogP contribution in [0.15, 0.2) is 30.5 Å². The Hall–Kier alpha value is -1.53. The van der Waals surface area contributed by atoms with Crippen LogP contribution in [0.3, 0.4) is 0 Å². The van der Waals surface area contributed by atoms with E-state index in [1.54, 1.807) is 24.9 Å². The number of ether oxygens (including phenoxy) is 1. The minimum atomic E-state index is -3.59. The van der Waals surface area contributed by atoms with E-state index in [0.717, 1.165) is 5.69 Å². The minimum Gasteiger partial charge on any atom is -0.497 e. The maximum Gasteiger partial charge on any atom is 0.236 e. The third-order valence-corrected chi connectivity index (χ3v) is 3.63. The standard InChI is InChI=1S/C12H13ClN2O3S/c1-9-10(8-19(13,16)17)7-15(14-9)11-4-3-5-12(6-11)18-2/h3-7H,8H2,1-2H3. The highest BCUT2D eigenvalue weighted by Crippen LogP contribution is 2.19. The van der Waals surface area contributed by atoms with Crippen LogP contribution in [0.1, 0.15) is 11.3 Å². The number of nitrogens with zero attached hydrogens (tertiary/aromatic N) is 2. The van der Waals surface area contributed by atoms with E-state index in [4.69, 9.17) is 15.4 Å². The third-order valence-electron chi connectivity index (χ3n) is 2.65. The largest absolute Gasteiger partial charge is 0.497 e. The number of aromatic nitrogens is 2. The average Bonchev–Trinajstić information content (AvgIpc) is 2.69. The summed E-state index contributed by atoms with van der Waals surface area (Å²) in [4.78, 5) is 0. The predicted molar refractivity (Wildman–Crippen MR) is 73.3 cm³/mol. The van der Waals surface area contributed by atoms with Gasteiger partial charge in [0, 0.05) is 28.5 Å². The highest BCUT2D eigenvalue weighted by molar-refractivity contribution is 8.13. The summed E-state index contributed by atoms with van der Waals surface area (Å²) in [7, 11) is 3.25. The molecule has 5 nitrogen and oxygen atoms in total.